The quantitative estimate of drug-likeness (QED) is 0.596. The maximum absolute atomic E-state index is 13.6. The number of aromatic nitrogens is 2. The molecule has 1 saturated carbocycles. The predicted molar refractivity (Wildman–Crippen MR) is 117 cm³/mol. The van der Waals surface area contributed by atoms with Crippen LogP contribution in [0.5, 0.6) is 0 Å². The number of rotatable bonds is 3. The van der Waals surface area contributed by atoms with E-state index in [1.165, 1.54) is 4.90 Å². The second-order valence-corrected chi connectivity index (χ2v) is 8.38. The van der Waals surface area contributed by atoms with E-state index in [9.17, 15) is 9.59 Å². The van der Waals surface area contributed by atoms with Gasteiger partial charge in [0.15, 0.2) is 5.65 Å². The van der Waals surface area contributed by atoms with Gasteiger partial charge in [0.25, 0.3) is 5.91 Å². The zero-order valence-electron chi connectivity index (χ0n) is 16.8. The molecule has 2 aliphatic rings. The third kappa shape index (κ3) is 3.11. The van der Waals surface area contributed by atoms with Gasteiger partial charge in [-0.05, 0) is 43.2 Å². The SMILES string of the molecule is NC(=O)OC1(C2CCCCC2)c2ccccc2C(=O)N1c1ccc2ccc(Cl)nc2n1. The fraction of sp³-hybridized carbons (Fsp3) is 0.304. The van der Waals surface area contributed by atoms with Crippen LogP contribution in [0.25, 0.3) is 11.0 Å². The molecule has 8 heteroatoms. The van der Waals surface area contributed by atoms with Crippen molar-refractivity contribution in [2.45, 2.75) is 37.8 Å². The summed E-state index contributed by atoms with van der Waals surface area (Å²) in [6, 6.07) is 14.3. The second-order valence-electron chi connectivity index (χ2n) is 7.99. The lowest BCUT2D eigenvalue weighted by Gasteiger charge is -2.44. The second kappa shape index (κ2) is 7.50. The largest absolute Gasteiger partial charge is 0.418 e. The molecule has 1 aliphatic heterocycles. The number of amides is 2. The molecule has 1 aliphatic carbocycles. The van der Waals surface area contributed by atoms with Crippen molar-refractivity contribution in [2.75, 3.05) is 4.90 Å². The summed E-state index contributed by atoms with van der Waals surface area (Å²) in [4.78, 5) is 36.2. The van der Waals surface area contributed by atoms with E-state index >= 15 is 0 Å². The Morgan fingerprint density at radius 2 is 1.81 bits per heavy atom. The maximum Gasteiger partial charge on any atom is 0.406 e. The Morgan fingerprint density at radius 1 is 1.06 bits per heavy atom. The molecule has 1 aromatic carbocycles. The number of hydrogen-bond acceptors (Lipinski definition) is 5. The number of carbonyl (C=O) groups excluding carboxylic acids is 2. The van der Waals surface area contributed by atoms with Crippen molar-refractivity contribution in [3.05, 3.63) is 64.8 Å². The Kier molecular flexibility index (Phi) is 4.78. The highest BCUT2D eigenvalue weighted by atomic mass is 35.5. The summed E-state index contributed by atoms with van der Waals surface area (Å²) in [7, 11) is 0. The van der Waals surface area contributed by atoms with Gasteiger partial charge in [-0.15, -0.1) is 0 Å². The molecule has 5 rings (SSSR count). The van der Waals surface area contributed by atoms with Gasteiger partial charge < -0.3 is 10.5 Å². The minimum absolute atomic E-state index is 0.105. The van der Waals surface area contributed by atoms with Gasteiger partial charge in [-0.25, -0.2) is 19.7 Å². The molecule has 3 heterocycles. The molecule has 158 valence electrons. The first-order valence-corrected chi connectivity index (χ1v) is 10.7. The Balaban J connectivity index is 1.75. The topological polar surface area (TPSA) is 98.4 Å². The number of nitrogens with two attached hydrogens (primary N) is 1. The van der Waals surface area contributed by atoms with Crippen LogP contribution in [0.2, 0.25) is 5.15 Å². The summed E-state index contributed by atoms with van der Waals surface area (Å²) in [6.07, 6.45) is 3.77. The molecule has 0 spiro atoms. The number of ether oxygens (including phenoxy) is 1. The van der Waals surface area contributed by atoms with Crippen LogP contribution in [0.15, 0.2) is 48.5 Å². The van der Waals surface area contributed by atoms with E-state index in [0.717, 1.165) is 37.5 Å². The van der Waals surface area contributed by atoms with E-state index < -0.39 is 11.8 Å². The van der Waals surface area contributed by atoms with E-state index in [0.29, 0.717) is 27.7 Å². The number of benzene rings is 1. The fourth-order valence-corrected chi connectivity index (χ4v) is 5.11. The molecule has 1 unspecified atom stereocenters. The number of nitrogens with zero attached hydrogens (tertiary/aromatic N) is 3. The standard InChI is InChI=1S/C23H21ClN4O3/c24-18-12-10-14-11-13-19(27-20(14)26-18)28-21(29)16-8-4-5-9-17(16)23(28,31-22(25)30)15-6-2-1-3-7-15/h4-5,8-13,15H,1-3,6-7H2,(H2,25,30). The Labute approximate surface area is 184 Å². The normalized spacial score (nSPS) is 21.3. The smallest absolute Gasteiger partial charge is 0.406 e. The summed E-state index contributed by atoms with van der Waals surface area (Å²) in [5.41, 5.74) is 5.75. The summed E-state index contributed by atoms with van der Waals surface area (Å²) in [5.74, 6) is -0.0437. The van der Waals surface area contributed by atoms with Gasteiger partial charge in [-0.1, -0.05) is 49.1 Å². The average molecular weight is 437 g/mol. The average Bonchev–Trinajstić information content (AvgIpc) is 3.02. The Bertz CT molecular complexity index is 1190. The third-order valence-electron chi connectivity index (χ3n) is 6.23. The zero-order valence-corrected chi connectivity index (χ0v) is 17.5. The van der Waals surface area contributed by atoms with Crippen LogP contribution in [-0.4, -0.2) is 22.0 Å². The van der Waals surface area contributed by atoms with E-state index in [1.807, 2.05) is 24.3 Å². The van der Waals surface area contributed by atoms with Crippen molar-refractivity contribution in [1.29, 1.82) is 0 Å². The molecule has 2 amide bonds. The number of carbonyl (C=O) groups is 2. The fourth-order valence-electron chi connectivity index (χ4n) is 4.97. The number of pyridine rings is 2. The summed E-state index contributed by atoms with van der Waals surface area (Å²) in [5, 5.41) is 1.09. The molecule has 2 N–H and O–H groups in total. The summed E-state index contributed by atoms with van der Waals surface area (Å²) < 4.78 is 5.90. The van der Waals surface area contributed by atoms with Gasteiger partial charge in [-0.2, -0.15) is 0 Å². The van der Waals surface area contributed by atoms with Crippen LogP contribution >= 0.6 is 11.6 Å². The van der Waals surface area contributed by atoms with Crippen molar-refractivity contribution in [3.63, 3.8) is 0 Å². The molecule has 0 radical (unpaired) electrons. The van der Waals surface area contributed by atoms with Gasteiger partial charge in [0.1, 0.15) is 11.0 Å². The van der Waals surface area contributed by atoms with Crippen LogP contribution in [0.1, 0.15) is 48.0 Å². The van der Waals surface area contributed by atoms with E-state index in [4.69, 9.17) is 22.1 Å². The lowest BCUT2D eigenvalue weighted by molar-refractivity contribution is -0.0414. The van der Waals surface area contributed by atoms with Crippen LogP contribution in [0, 0.1) is 5.92 Å². The zero-order chi connectivity index (χ0) is 21.6. The number of halogens is 1. The van der Waals surface area contributed by atoms with Gasteiger partial charge in [-0.3, -0.25) is 4.79 Å². The highest BCUT2D eigenvalue weighted by Gasteiger charge is 2.58. The predicted octanol–water partition coefficient (Wildman–Crippen LogP) is 4.77. The first-order valence-electron chi connectivity index (χ1n) is 10.4. The lowest BCUT2D eigenvalue weighted by atomic mass is 9.78. The highest BCUT2D eigenvalue weighted by Crippen LogP contribution is 2.51. The van der Waals surface area contributed by atoms with Crippen molar-refractivity contribution in [2.24, 2.45) is 11.7 Å². The van der Waals surface area contributed by atoms with Crippen molar-refractivity contribution in [1.82, 2.24) is 9.97 Å². The molecule has 1 fully saturated rings. The minimum Gasteiger partial charge on any atom is -0.418 e. The Morgan fingerprint density at radius 3 is 2.58 bits per heavy atom. The van der Waals surface area contributed by atoms with Crippen molar-refractivity contribution >= 4 is 40.5 Å². The molecule has 2 aromatic heterocycles. The van der Waals surface area contributed by atoms with Crippen molar-refractivity contribution < 1.29 is 14.3 Å². The number of fused-ring (bicyclic) bond motifs is 2. The van der Waals surface area contributed by atoms with Crippen molar-refractivity contribution in [3.8, 4) is 0 Å². The first kappa shape index (κ1) is 19.8. The van der Waals surface area contributed by atoms with E-state index in [2.05, 4.69) is 9.97 Å². The number of primary amides is 1. The van der Waals surface area contributed by atoms with Crippen LogP contribution in [0.3, 0.4) is 0 Å². The van der Waals surface area contributed by atoms with E-state index in [-0.39, 0.29) is 11.8 Å². The van der Waals surface area contributed by atoms with Crippen LogP contribution < -0.4 is 10.6 Å². The van der Waals surface area contributed by atoms with Gasteiger partial charge in [0, 0.05) is 22.4 Å². The molecular weight excluding hydrogens is 416 g/mol. The molecule has 7 nitrogen and oxygen atoms in total. The van der Waals surface area contributed by atoms with Gasteiger partial charge >= 0.3 is 6.09 Å². The summed E-state index contributed by atoms with van der Waals surface area (Å²) in [6.45, 7) is 0. The van der Waals surface area contributed by atoms with Crippen LogP contribution in [0.4, 0.5) is 10.6 Å². The highest BCUT2D eigenvalue weighted by molar-refractivity contribution is 6.29. The van der Waals surface area contributed by atoms with Gasteiger partial charge in [0.05, 0.1) is 0 Å². The summed E-state index contributed by atoms with van der Waals surface area (Å²) >= 11 is 6.06. The maximum atomic E-state index is 13.6. The molecular formula is C23H21ClN4O3. The molecule has 0 bridgehead atoms. The number of anilines is 1. The van der Waals surface area contributed by atoms with Crippen LogP contribution in [-0.2, 0) is 10.5 Å². The van der Waals surface area contributed by atoms with Gasteiger partial charge in [0.2, 0.25) is 5.72 Å². The minimum atomic E-state index is -1.35. The van der Waals surface area contributed by atoms with E-state index in [1.54, 1.807) is 24.3 Å². The Hall–Kier alpha value is -3.19. The molecule has 0 saturated heterocycles. The lowest BCUT2D eigenvalue weighted by Crippen LogP contribution is -2.54. The molecule has 3 aromatic rings. The first-order chi connectivity index (χ1) is 15.0. The molecule has 1 atom stereocenters. The number of hydrogen-bond donors (Lipinski definition) is 1. The monoisotopic (exact) mass is 436 g/mol. The molecule has 31 heavy (non-hydrogen) atoms. The third-order valence-corrected chi connectivity index (χ3v) is 6.44.